The van der Waals surface area contributed by atoms with Crippen LogP contribution in [0, 0.1) is 0 Å². The second kappa shape index (κ2) is 13.8. The molecule has 144 valence electrons. The van der Waals surface area contributed by atoms with Crippen LogP contribution in [0.4, 0.5) is 0 Å². The lowest BCUT2D eigenvalue weighted by Crippen LogP contribution is -2.06. The van der Waals surface area contributed by atoms with E-state index in [2.05, 4.69) is 6.92 Å². The van der Waals surface area contributed by atoms with Gasteiger partial charge in [0.25, 0.3) is 0 Å². The molecule has 0 spiro atoms. The van der Waals surface area contributed by atoms with Crippen LogP contribution in [0.1, 0.15) is 96.8 Å². The fraction of sp³-hybridized carbons (Fsp3) is 0.762. The van der Waals surface area contributed by atoms with Crippen LogP contribution in [0.15, 0.2) is 17.1 Å². The lowest BCUT2D eigenvalue weighted by molar-refractivity contribution is 0.390. The quantitative estimate of drug-likeness (QED) is 0.396. The predicted molar refractivity (Wildman–Crippen MR) is 104 cm³/mol. The van der Waals surface area contributed by atoms with Gasteiger partial charge in [0, 0.05) is 12.6 Å². The van der Waals surface area contributed by atoms with Gasteiger partial charge in [-0.15, -0.1) is 0 Å². The van der Waals surface area contributed by atoms with Crippen LogP contribution in [0.25, 0.3) is 0 Å². The highest BCUT2D eigenvalue weighted by molar-refractivity contribution is 5.22. The summed E-state index contributed by atoms with van der Waals surface area (Å²) in [5.74, 6) is -0.374. The summed E-state index contributed by atoms with van der Waals surface area (Å²) in [6.07, 6.45) is 19.7. The van der Waals surface area contributed by atoms with Crippen molar-refractivity contribution in [3.8, 4) is 11.6 Å². The first-order valence-electron chi connectivity index (χ1n) is 10.3. The first-order chi connectivity index (χ1) is 12.1. The minimum absolute atomic E-state index is 0.0718. The average Bonchev–Trinajstić information content (AvgIpc) is 2.59. The van der Waals surface area contributed by atoms with Gasteiger partial charge in [-0.3, -0.25) is 4.79 Å². The Balaban J connectivity index is 1.91. The summed E-state index contributed by atoms with van der Waals surface area (Å²) in [4.78, 5) is 11.2. The standard InChI is InChI=1S/C21H37NO3/c1-2-3-4-5-6-7-8-9-10-11-12-13-14-15-16-22-18-20(24)19(23)17-21(22)25/h17-18,24-25H,2-16H2,1H3. The number of aromatic nitrogens is 1. The second-order valence-corrected chi connectivity index (χ2v) is 7.17. The van der Waals surface area contributed by atoms with Gasteiger partial charge in [0.1, 0.15) is 0 Å². The topological polar surface area (TPSA) is 62.5 Å². The summed E-state index contributed by atoms with van der Waals surface area (Å²) in [6.45, 7) is 2.90. The molecule has 0 saturated heterocycles. The Morgan fingerprint density at radius 3 is 1.68 bits per heavy atom. The van der Waals surface area contributed by atoms with E-state index >= 15 is 0 Å². The monoisotopic (exact) mass is 351 g/mol. The Labute approximate surface area is 152 Å². The van der Waals surface area contributed by atoms with Crippen LogP contribution >= 0.6 is 0 Å². The molecule has 0 saturated carbocycles. The normalized spacial score (nSPS) is 11.1. The van der Waals surface area contributed by atoms with Crippen molar-refractivity contribution in [2.45, 2.75) is 103 Å². The molecule has 0 unspecified atom stereocenters. The molecule has 2 N–H and O–H groups in total. The molecule has 1 aromatic rings. The van der Waals surface area contributed by atoms with Gasteiger partial charge in [-0.1, -0.05) is 90.4 Å². The zero-order valence-electron chi connectivity index (χ0n) is 16.0. The van der Waals surface area contributed by atoms with Crippen molar-refractivity contribution in [1.82, 2.24) is 4.57 Å². The summed E-state index contributed by atoms with van der Waals surface area (Å²) in [5.41, 5.74) is -0.533. The molecular weight excluding hydrogens is 314 g/mol. The van der Waals surface area contributed by atoms with Crippen LogP contribution in [-0.2, 0) is 6.54 Å². The van der Waals surface area contributed by atoms with E-state index in [1.807, 2.05) is 0 Å². The molecule has 0 aromatic carbocycles. The van der Waals surface area contributed by atoms with E-state index in [4.69, 9.17) is 0 Å². The molecule has 0 amide bonds. The number of unbranched alkanes of at least 4 members (excludes halogenated alkanes) is 13. The molecule has 0 atom stereocenters. The van der Waals surface area contributed by atoms with Gasteiger partial charge in [0.2, 0.25) is 5.43 Å². The maximum atomic E-state index is 11.2. The van der Waals surface area contributed by atoms with Gasteiger partial charge in [-0.05, 0) is 6.42 Å². The SMILES string of the molecule is CCCCCCCCCCCCCCCCn1cc(O)c(=O)cc1O. The first-order valence-corrected chi connectivity index (χ1v) is 10.3. The van der Waals surface area contributed by atoms with E-state index < -0.39 is 5.43 Å². The molecule has 0 fully saturated rings. The largest absolute Gasteiger partial charge is 0.503 e. The summed E-state index contributed by atoms with van der Waals surface area (Å²) in [6, 6.07) is 1.07. The number of aryl methyl sites for hydroxylation is 1. The Kier molecular flexibility index (Phi) is 11.9. The maximum absolute atomic E-state index is 11.2. The van der Waals surface area contributed by atoms with Gasteiger partial charge in [0.15, 0.2) is 11.6 Å². The number of hydrogen-bond acceptors (Lipinski definition) is 3. The Hall–Kier alpha value is -1.45. The van der Waals surface area contributed by atoms with E-state index in [1.165, 1.54) is 87.8 Å². The lowest BCUT2D eigenvalue weighted by Gasteiger charge is -2.09. The Morgan fingerprint density at radius 2 is 1.20 bits per heavy atom. The highest BCUT2D eigenvalue weighted by Crippen LogP contribution is 2.15. The fourth-order valence-corrected chi connectivity index (χ4v) is 3.21. The zero-order chi connectivity index (χ0) is 18.3. The highest BCUT2D eigenvalue weighted by Gasteiger charge is 2.03. The molecule has 1 heterocycles. The molecule has 0 aliphatic heterocycles. The molecule has 4 heteroatoms. The van der Waals surface area contributed by atoms with Crippen LogP contribution in [0.5, 0.6) is 11.6 Å². The van der Waals surface area contributed by atoms with Gasteiger partial charge in [0.05, 0.1) is 6.20 Å². The van der Waals surface area contributed by atoms with Gasteiger partial charge >= 0.3 is 0 Å². The number of rotatable bonds is 15. The summed E-state index contributed by atoms with van der Waals surface area (Å²) in [5, 5.41) is 19.1. The number of hydrogen-bond donors (Lipinski definition) is 2. The lowest BCUT2D eigenvalue weighted by atomic mass is 10.0. The van der Waals surface area contributed by atoms with Crippen molar-refractivity contribution >= 4 is 0 Å². The van der Waals surface area contributed by atoms with Crippen molar-refractivity contribution in [2.75, 3.05) is 0 Å². The summed E-state index contributed by atoms with van der Waals surface area (Å²) < 4.78 is 1.54. The highest BCUT2D eigenvalue weighted by atomic mass is 16.3. The fourth-order valence-electron chi connectivity index (χ4n) is 3.21. The van der Waals surface area contributed by atoms with Crippen LogP contribution in [0.2, 0.25) is 0 Å². The van der Waals surface area contributed by atoms with Crippen LogP contribution < -0.4 is 5.43 Å². The third kappa shape index (κ3) is 10.2. The number of aromatic hydroxyl groups is 2. The van der Waals surface area contributed by atoms with Gasteiger partial charge < -0.3 is 14.8 Å². The Bertz CT molecular complexity index is 510. The minimum atomic E-state index is -0.533. The number of pyridine rings is 1. The van der Waals surface area contributed by atoms with Crippen molar-refractivity contribution in [1.29, 1.82) is 0 Å². The maximum Gasteiger partial charge on any atom is 0.226 e. The third-order valence-electron chi connectivity index (χ3n) is 4.84. The van der Waals surface area contributed by atoms with Gasteiger partial charge in [-0.2, -0.15) is 0 Å². The number of nitrogens with zero attached hydrogens (tertiary/aromatic N) is 1. The van der Waals surface area contributed by atoms with Crippen molar-refractivity contribution in [3.63, 3.8) is 0 Å². The second-order valence-electron chi connectivity index (χ2n) is 7.17. The van der Waals surface area contributed by atoms with E-state index in [1.54, 1.807) is 0 Å². The molecule has 0 bridgehead atoms. The molecule has 0 aliphatic rings. The van der Waals surface area contributed by atoms with Gasteiger partial charge in [-0.25, -0.2) is 0 Å². The summed E-state index contributed by atoms with van der Waals surface area (Å²) in [7, 11) is 0. The molecule has 0 aliphatic carbocycles. The zero-order valence-corrected chi connectivity index (χ0v) is 16.0. The Morgan fingerprint density at radius 1 is 0.760 bits per heavy atom. The molecule has 0 radical (unpaired) electrons. The van der Waals surface area contributed by atoms with E-state index in [0.717, 1.165) is 18.9 Å². The van der Waals surface area contributed by atoms with E-state index in [-0.39, 0.29) is 11.6 Å². The molecule has 1 aromatic heterocycles. The van der Waals surface area contributed by atoms with Crippen molar-refractivity contribution in [3.05, 3.63) is 22.5 Å². The minimum Gasteiger partial charge on any atom is -0.503 e. The molecule has 4 nitrogen and oxygen atoms in total. The third-order valence-corrected chi connectivity index (χ3v) is 4.84. The van der Waals surface area contributed by atoms with E-state index in [0.29, 0.717) is 6.54 Å². The van der Waals surface area contributed by atoms with Crippen LogP contribution in [0.3, 0.4) is 0 Å². The molecular formula is C21H37NO3. The van der Waals surface area contributed by atoms with Crippen molar-refractivity contribution in [2.24, 2.45) is 0 Å². The molecule has 25 heavy (non-hydrogen) atoms. The van der Waals surface area contributed by atoms with Crippen molar-refractivity contribution < 1.29 is 10.2 Å². The first kappa shape index (κ1) is 21.6. The van der Waals surface area contributed by atoms with Crippen LogP contribution in [-0.4, -0.2) is 14.8 Å². The smallest absolute Gasteiger partial charge is 0.226 e. The van der Waals surface area contributed by atoms with E-state index in [9.17, 15) is 15.0 Å². The predicted octanol–water partition coefficient (Wildman–Crippen LogP) is 5.74. The molecule has 1 rings (SSSR count). The summed E-state index contributed by atoms with van der Waals surface area (Å²) >= 11 is 0. The average molecular weight is 352 g/mol.